The molecule has 0 spiro atoms. The molecule has 1 atom stereocenters. The lowest BCUT2D eigenvalue weighted by Crippen LogP contribution is -2.39. The maximum absolute atomic E-state index is 11.3. The van der Waals surface area contributed by atoms with Crippen LogP contribution in [0.4, 0.5) is 0 Å². The van der Waals surface area contributed by atoms with Crippen LogP contribution in [0.2, 0.25) is 0 Å². The van der Waals surface area contributed by atoms with Crippen LogP contribution in [0.25, 0.3) is 0 Å². The van der Waals surface area contributed by atoms with Gasteiger partial charge in [-0.1, -0.05) is 19.8 Å². The van der Waals surface area contributed by atoms with Gasteiger partial charge < -0.3 is 11.1 Å². The summed E-state index contributed by atoms with van der Waals surface area (Å²) < 4.78 is 0. The zero-order chi connectivity index (χ0) is 10.8. The van der Waals surface area contributed by atoms with Crippen molar-refractivity contribution >= 4 is 5.91 Å². The lowest BCUT2D eigenvalue weighted by Gasteiger charge is -2.15. The molecule has 0 radical (unpaired) electrons. The van der Waals surface area contributed by atoms with E-state index in [-0.39, 0.29) is 11.9 Å². The van der Waals surface area contributed by atoms with Gasteiger partial charge in [-0.25, -0.2) is 0 Å². The zero-order valence-corrected chi connectivity index (χ0v) is 8.88. The van der Waals surface area contributed by atoms with Crippen LogP contribution in [0.5, 0.6) is 0 Å². The van der Waals surface area contributed by atoms with E-state index in [1.54, 1.807) is 0 Å². The molecule has 3 heteroatoms. The average Bonchev–Trinajstić information content (AvgIpc) is 2.21. The molecule has 3 N–H and O–H groups in total. The Morgan fingerprint density at radius 1 is 1.64 bits per heavy atom. The van der Waals surface area contributed by atoms with Crippen molar-refractivity contribution in [1.29, 1.82) is 0 Å². The van der Waals surface area contributed by atoms with E-state index in [4.69, 9.17) is 12.2 Å². The third-order valence-corrected chi connectivity index (χ3v) is 2.05. The third kappa shape index (κ3) is 6.50. The van der Waals surface area contributed by atoms with Gasteiger partial charge in [-0.15, -0.1) is 12.3 Å². The summed E-state index contributed by atoms with van der Waals surface area (Å²) in [5, 5.41) is 2.88. The number of nitrogens with one attached hydrogen (secondary N) is 1. The van der Waals surface area contributed by atoms with Gasteiger partial charge in [0, 0.05) is 25.4 Å². The fourth-order valence-electron chi connectivity index (χ4n) is 1.19. The molecule has 0 saturated carbocycles. The molecule has 0 rings (SSSR count). The summed E-state index contributed by atoms with van der Waals surface area (Å²) in [5.74, 6) is 2.45. The maximum Gasteiger partial charge on any atom is 0.221 e. The minimum absolute atomic E-state index is 0.00880. The topological polar surface area (TPSA) is 55.1 Å². The predicted octanol–water partition coefficient (Wildman–Crippen LogP) is 1.03. The fourth-order valence-corrected chi connectivity index (χ4v) is 1.19. The van der Waals surface area contributed by atoms with E-state index in [1.165, 1.54) is 0 Å². The smallest absolute Gasteiger partial charge is 0.221 e. The van der Waals surface area contributed by atoms with E-state index < -0.39 is 0 Å². The van der Waals surface area contributed by atoms with Gasteiger partial charge >= 0.3 is 0 Å². The summed E-state index contributed by atoms with van der Waals surface area (Å²) in [7, 11) is 0. The maximum atomic E-state index is 11.3. The van der Waals surface area contributed by atoms with Crippen molar-refractivity contribution in [3.05, 3.63) is 0 Å². The monoisotopic (exact) mass is 196 g/mol. The highest BCUT2D eigenvalue weighted by atomic mass is 16.1. The first-order chi connectivity index (χ1) is 6.74. The molecule has 14 heavy (non-hydrogen) atoms. The quantitative estimate of drug-likeness (QED) is 0.598. The first kappa shape index (κ1) is 13.0. The van der Waals surface area contributed by atoms with Gasteiger partial charge in [0.15, 0.2) is 0 Å². The van der Waals surface area contributed by atoms with E-state index in [0.717, 1.165) is 19.3 Å². The van der Waals surface area contributed by atoms with Crippen LogP contribution in [-0.2, 0) is 4.79 Å². The summed E-state index contributed by atoms with van der Waals surface area (Å²) in [4.78, 5) is 11.3. The van der Waals surface area contributed by atoms with Crippen molar-refractivity contribution in [2.24, 2.45) is 5.73 Å². The molecule has 0 aromatic heterocycles. The molecule has 0 bridgehead atoms. The molecule has 1 unspecified atom stereocenters. The van der Waals surface area contributed by atoms with Crippen molar-refractivity contribution in [1.82, 2.24) is 5.32 Å². The molecule has 0 heterocycles. The van der Waals surface area contributed by atoms with Gasteiger partial charge in [-0.3, -0.25) is 4.79 Å². The van der Waals surface area contributed by atoms with Crippen molar-refractivity contribution < 1.29 is 4.79 Å². The first-order valence-electron chi connectivity index (χ1n) is 5.17. The van der Waals surface area contributed by atoms with E-state index in [0.29, 0.717) is 19.4 Å². The Bertz CT molecular complexity index is 196. The minimum atomic E-state index is 0.00880. The summed E-state index contributed by atoms with van der Waals surface area (Å²) >= 11 is 0. The number of terminal acetylenes is 1. The first-order valence-corrected chi connectivity index (χ1v) is 5.17. The molecule has 3 nitrogen and oxygen atoms in total. The largest absolute Gasteiger partial charge is 0.352 e. The Morgan fingerprint density at radius 3 is 2.86 bits per heavy atom. The number of nitrogens with two attached hydrogens (primary N) is 1. The molecule has 0 aromatic carbocycles. The molecule has 0 aromatic rings. The van der Waals surface area contributed by atoms with Crippen LogP contribution in [0.1, 0.15) is 39.0 Å². The van der Waals surface area contributed by atoms with Crippen LogP contribution < -0.4 is 11.1 Å². The molecule has 1 amide bonds. The highest BCUT2D eigenvalue weighted by Crippen LogP contribution is 1.99. The van der Waals surface area contributed by atoms with Crippen molar-refractivity contribution in [3.63, 3.8) is 0 Å². The van der Waals surface area contributed by atoms with Crippen LogP contribution in [0.3, 0.4) is 0 Å². The minimum Gasteiger partial charge on any atom is -0.352 e. The Labute approximate surface area is 86.4 Å². The Morgan fingerprint density at radius 2 is 2.36 bits per heavy atom. The Balaban J connectivity index is 3.69. The van der Waals surface area contributed by atoms with Gasteiger partial charge in [-0.2, -0.15) is 0 Å². The lowest BCUT2D eigenvalue weighted by atomic mass is 10.1. The number of amides is 1. The number of unbranched alkanes of at least 4 members (excludes halogenated alkanes) is 1. The van der Waals surface area contributed by atoms with Gasteiger partial charge in [-0.05, 0) is 6.42 Å². The fraction of sp³-hybridized carbons (Fsp3) is 0.727. The van der Waals surface area contributed by atoms with E-state index in [2.05, 4.69) is 18.2 Å². The van der Waals surface area contributed by atoms with Crippen LogP contribution >= 0.6 is 0 Å². The highest BCUT2D eigenvalue weighted by molar-refractivity contribution is 5.76. The van der Waals surface area contributed by atoms with Gasteiger partial charge in [0.25, 0.3) is 0 Å². The van der Waals surface area contributed by atoms with Gasteiger partial charge in [0.2, 0.25) is 5.91 Å². The van der Waals surface area contributed by atoms with Crippen LogP contribution in [0, 0.1) is 12.3 Å². The Kier molecular flexibility index (Phi) is 7.96. The van der Waals surface area contributed by atoms with Crippen LogP contribution in [0.15, 0.2) is 0 Å². The van der Waals surface area contributed by atoms with Crippen LogP contribution in [-0.4, -0.2) is 18.5 Å². The molecule has 80 valence electrons. The summed E-state index contributed by atoms with van der Waals surface area (Å²) in [6.45, 7) is 2.62. The lowest BCUT2D eigenvalue weighted by molar-refractivity contribution is -0.121. The molecule has 0 aliphatic carbocycles. The third-order valence-electron chi connectivity index (χ3n) is 2.05. The molecule has 0 saturated heterocycles. The Hall–Kier alpha value is -1.01. The number of carbonyl (C=O) groups excluding carboxylic acids is 1. The SMILES string of the molecule is C#CCCC(=O)NC(CN)CCCC. The van der Waals surface area contributed by atoms with E-state index in [9.17, 15) is 4.79 Å². The number of hydrogen-bond acceptors (Lipinski definition) is 2. The van der Waals surface area contributed by atoms with Gasteiger partial charge in [0.05, 0.1) is 0 Å². The van der Waals surface area contributed by atoms with Crippen molar-refractivity contribution in [3.8, 4) is 12.3 Å². The van der Waals surface area contributed by atoms with Crippen molar-refractivity contribution in [2.45, 2.75) is 45.1 Å². The second-order valence-corrected chi connectivity index (χ2v) is 3.35. The van der Waals surface area contributed by atoms with E-state index in [1.807, 2.05) is 0 Å². The second kappa shape index (κ2) is 8.58. The standard InChI is InChI=1S/C11H20N2O/c1-3-5-7-10(9-12)13-11(14)8-6-4-2/h2,10H,3,5-9,12H2,1H3,(H,13,14). The molecular weight excluding hydrogens is 176 g/mol. The molecular formula is C11H20N2O. The predicted molar refractivity (Wildman–Crippen MR) is 58.6 cm³/mol. The number of carbonyl (C=O) groups is 1. The average molecular weight is 196 g/mol. The number of hydrogen-bond donors (Lipinski definition) is 2. The normalized spacial score (nSPS) is 11.8. The molecule has 0 aliphatic rings. The van der Waals surface area contributed by atoms with Gasteiger partial charge in [0.1, 0.15) is 0 Å². The number of rotatable bonds is 7. The summed E-state index contributed by atoms with van der Waals surface area (Å²) in [5.41, 5.74) is 5.54. The zero-order valence-electron chi connectivity index (χ0n) is 8.88. The summed E-state index contributed by atoms with van der Waals surface area (Å²) in [6, 6.07) is 0.111. The van der Waals surface area contributed by atoms with E-state index >= 15 is 0 Å². The molecule has 0 aliphatic heterocycles. The summed E-state index contributed by atoms with van der Waals surface area (Å²) in [6.07, 6.45) is 9.13. The highest BCUT2D eigenvalue weighted by Gasteiger charge is 2.08. The second-order valence-electron chi connectivity index (χ2n) is 3.35. The molecule has 0 fully saturated rings. The van der Waals surface area contributed by atoms with Crippen molar-refractivity contribution in [2.75, 3.05) is 6.54 Å².